The summed E-state index contributed by atoms with van der Waals surface area (Å²) in [6.45, 7) is 2.22. The fraction of sp³-hybridized carbons (Fsp3) is 0.375. The molecular weight excluding hydrogens is 184 g/mol. The summed E-state index contributed by atoms with van der Waals surface area (Å²) >= 11 is 0. The molecule has 3 N–H and O–H groups in total. The van der Waals surface area contributed by atoms with Gasteiger partial charge in [-0.3, -0.25) is 9.59 Å². The minimum atomic E-state index is -0.342. The Morgan fingerprint density at radius 3 is 3.00 bits per heavy atom. The molecule has 1 aromatic heterocycles. The van der Waals surface area contributed by atoms with E-state index in [-0.39, 0.29) is 23.8 Å². The van der Waals surface area contributed by atoms with Crippen LogP contribution in [0.3, 0.4) is 0 Å². The molecule has 0 saturated heterocycles. The summed E-state index contributed by atoms with van der Waals surface area (Å²) in [5.74, 6) is -0.0402. The molecule has 0 bridgehead atoms. The van der Waals surface area contributed by atoms with Gasteiger partial charge < -0.3 is 11.1 Å². The van der Waals surface area contributed by atoms with E-state index >= 15 is 0 Å². The fourth-order valence-corrected chi connectivity index (χ4v) is 0.967. The van der Waals surface area contributed by atoms with Gasteiger partial charge >= 0.3 is 0 Å². The Bertz CT molecular complexity index is 385. The molecule has 1 aromatic rings. The number of aromatic nitrogens is 2. The number of amides is 1. The Kier molecular flexibility index (Phi) is 3.22. The van der Waals surface area contributed by atoms with E-state index in [4.69, 9.17) is 5.73 Å². The predicted molar refractivity (Wildman–Crippen MR) is 51.6 cm³/mol. The van der Waals surface area contributed by atoms with Crippen LogP contribution < -0.4 is 16.6 Å². The van der Waals surface area contributed by atoms with Crippen molar-refractivity contribution in [1.82, 2.24) is 15.1 Å². The molecule has 0 aliphatic rings. The molecular formula is C8H12N4O2. The molecule has 0 saturated carbocycles. The van der Waals surface area contributed by atoms with Crippen LogP contribution in [0.25, 0.3) is 0 Å². The third-order valence-corrected chi connectivity index (χ3v) is 1.55. The molecule has 0 aromatic carbocycles. The molecule has 0 radical (unpaired) electrons. The lowest BCUT2D eigenvalue weighted by Gasteiger charge is -2.04. The van der Waals surface area contributed by atoms with Gasteiger partial charge in [-0.25, -0.2) is 4.68 Å². The van der Waals surface area contributed by atoms with Gasteiger partial charge in [0.2, 0.25) is 5.91 Å². The second-order valence-electron chi connectivity index (χ2n) is 2.71. The number of carbonyl (C=O) groups excluding carboxylic acids is 1. The van der Waals surface area contributed by atoms with Crippen molar-refractivity contribution in [3.8, 4) is 0 Å². The first-order chi connectivity index (χ1) is 6.63. The molecule has 1 amide bonds. The average Bonchev–Trinajstić information content (AvgIpc) is 2.12. The Balaban J connectivity index is 2.81. The summed E-state index contributed by atoms with van der Waals surface area (Å²) < 4.78 is 1.03. The summed E-state index contributed by atoms with van der Waals surface area (Å²) in [7, 11) is 0. The van der Waals surface area contributed by atoms with Crippen molar-refractivity contribution in [2.24, 2.45) is 0 Å². The van der Waals surface area contributed by atoms with Crippen LogP contribution in [0.15, 0.2) is 16.9 Å². The fourth-order valence-electron chi connectivity index (χ4n) is 0.967. The highest BCUT2D eigenvalue weighted by molar-refractivity contribution is 5.75. The maximum atomic E-state index is 11.2. The van der Waals surface area contributed by atoms with Crippen LogP contribution in [0.4, 0.5) is 5.82 Å². The summed E-state index contributed by atoms with van der Waals surface area (Å²) in [5, 5.41) is 6.28. The number of nitrogens with one attached hydrogen (secondary N) is 1. The van der Waals surface area contributed by atoms with Crippen LogP contribution in [0.2, 0.25) is 0 Å². The summed E-state index contributed by atoms with van der Waals surface area (Å²) in [6, 6.07) is 2.68. The van der Waals surface area contributed by atoms with Crippen LogP contribution in [0.5, 0.6) is 0 Å². The first-order valence-corrected chi connectivity index (χ1v) is 4.24. The number of nitrogen functional groups attached to an aromatic ring is 1. The summed E-state index contributed by atoms with van der Waals surface area (Å²) in [5.41, 5.74) is 5.03. The molecule has 76 valence electrons. The standard InChI is InChI=1S/C8H12N4O2/c1-2-10-7(13)5-12-8(14)4-3-6(9)11-12/h3-4H,2,5H2,1H3,(H2,9,11)(H,10,13). The molecule has 0 fully saturated rings. The van der Waals surface area contributed by atoms with Gasteiger partial charge in [0.15, 0.2) is 0 Å². The third-order valence-electron chi connectivity index (χ3n) is 1.55. The molecule has 1 heterocycles. The molecule has 0 aliphatic carbocycles. The zero-order valence-corrected chi connectivity index (χ0v) is 7.86. The third kappa shape index (κ3) is 2.58. The molecule has 0 aliphatic heterocycles. The van der Waals surface area contributed by atoms with Gasteiger partial charge in [-0.05, 0) is 13.0 Å². The number of carbonyl (C=O) groups is 1. The van der Waals surface area contributed by atoms with Crippen LogP contribution in [0.1, 0.15) is 6.92 Å². The zero-order valence-electron chi connectivity index (χ0n) is 7.86. The lowest BCUT2D eigenvalue weighted by molar-refractivity contribution is -0.121. The predicted octanol–water partition coefficient (Wildman–Crippen LogP) is -1.04. The Morgan fingerprint density at radius 1 is 1.64 bits per heavy atom. The van der Waals surface area contributed by atoms with Crippen molar-refractivity contribution < 1.29 is 4.79 Å². The molecule has 6 nitrogen and oxygen atoms in total. The van der Waals surface area contributed by atoms with Gasteiger partial charge in [-0.2, -0.15) is 5.10 Å². The van der Waals surface area contributed by atoms with Gasteiger partial charge in [0, 0.05) is 12.6 Å². The number of anilines is 1. The molecule has 1 rings (SSSR count). The highest BCUT2D eigenvalue weighted by Gasteiger charge is 2.03. The van der Waals surface area contributed by atoms with E-state index in [9.17, 15) is 9.59 Å². The molecule has 0 spiro atoms. The maximum absolute atomic E-state index is 11.2. The molecule has 0 atom stereocenters. The van der Waals surface area contributed by atoms with Gasteiger partial charge in [0.1, 0.15) is 12.4 Å². The maximum Gasteiger partial charge on any atom is 0.267 e. The van der Waals surface area contributed by atoms with Crippen molar-refractivity contribution in [3.05, 3.63) is 22.5 Å². The zero-order chi connectivity index (χ0) is 10.6. The first kappa shape index (κ1) is 10.2. The van der Waals surface area contributed by atoms with Gasteiger partial charge in [-0.1, -0.05) is 0 Å². The smallest absolute Gasteiger partial charge is 0.267 e. The van der Waals surface area contributed by atoms with E-state index in [2.05, 4.69) is 10.4 Å². The molecule has 6 heteroatoms. The number of nitrogens with two attached hydrogens (primary N) is 1. The lowest BCUT2D eigenvalue weighted by atomic mass is 10.5. The Labute approximate surface area is 80.7 Å². The average molecular weight is 196 g/mol. The normalized spacial score (nSPS) is 9.79. The highest BCUT2D eigenvalue weighted by atomic mass is 16.2. The second-order valence-corrected chi connectivity index (χ2v) is 2.71. The van der Waals surface area contributed by atoms with Crippen LogP contribution >= 0.6 is 0 Å². The van der Waals surface area contributed by atoms with Crippen LogP contribution in [-0.4, -0.2) is 22.2 Å². The summed E-state index contributed by atoms with van der Waals surface area (Å²) in [6.07, 6.45) is 0. The van der Waals surface area contributed by atoms with Crippen molar-refractivity contribution in [2.75, 3.05) is 12.3 Å². The minimum absolute atomic E-state index is 0.0995. The largest absolute Gasteiger partial charge is 0.382 e. The Hall–Kier alpha value is -1.85. The van der Waals surface area contributed by atoms with E-state index in [1.165, 1.54) is 12.1 Å². The first-order valence-electron chi connectivity index (χ1n) is 4.24. The number of rotatable bonds is 3. The Morgan fingerprint density at radius 2 is 2.36 bits per heavy atom. The highest BCUT2D eigenvalue weighted by Crippen LogP contribution is 1.88. The van der Waals surface area contributed by atoms with Crippen LogP contribution in [0, 0.1) is 0 Å². The summed E-state index contributed by atoms with van der Waals surface area (Å²) in [4.78, 5) is 22.3. The van der Waals surface area contributed by atoms with Crippen LogP contribution in [-0.2, 0) is 11.3 Å². The monoisotopic (exact) mass is 196 g/mol. The van der Waals surface area contributed by atoms with E-state index in [0.29, 0.717) is 6.54 Å². The number of likely N-dealkylation sites (N-methyl/N-ethyl adjacent to an activating group) is 1. The topological polar surface area (TPSA) is 90.0 Å². The molecule has 0 unspecified atom stereocenters. The number of hydrogen-bond donors (Lipinski definition) is 2. The van der Waals surface area contributed by atoms with E-state index in [1.54, 1.807) is 6.92 Å². The number of nitrogens with zero attached hydrogens (tertiary/aromatic N) is 2. The van der Waals surface area contributed by atoms with Crippen molar-refractivity contribution in [2.45, 2.75) is 13.5 Å². The number of hydrogen-bond acceptors (Lipinski definition) is 4. The van der Waals surface area contributed by atoms with Crippen molar-refractivity contribution in [3.63, 3.8) is 0 Å². The quantitative estimate of drug-likeness (QED) is 0.646. The van der Waals surface area contributed by atoms with Gasteiger partial charge in [0.25, 0.3) is 5.56 Å². The van der Waals surface area contributed by atoms with E-state index < -0.39 is 0 Å². The van der Waals surface area contributed by atoms with Gasteiger partial charge in [-0.15, -0.1) is 0 Å². The van der Waals surface area contributed by atoms with Crippen molar-refractivity contribution >= 4 is 11.7 Å². The van der Waals surface area contributed by atoms with Gasteiger partial charge in [0.05, 0.1) is 0 Å². The van der Waals surface area contributed by atoms with E-state index in [0.717, 1.165) is 4.68 Å². The molecule has 14 heavy (non-hydrogen) atoms. The van der Waals surface area contributed by atoms with E-state index in [1.807, 2.05) is 0 Å². The SMILES string of the molecule is CCNC(=O)Cn1nc(N)ccc1=O. The lowest BCUT2D eigenvalue weighted by Crippen LogP contribution is -2.33. The second kappa shape index (κ2) is 4.40. The van der Waals surface area contributed by atoms with Crippen molar-refractivity contribution in [1.29, 1.82) is 0 Å². The minimum Gasteiger partial charge on any atom is -0.382 e.